The number of nitrogens with zero attached hydrogens (tertiary/aromatic N) is 1. The Morgan fingerprint density at radius 3 is 1.59 bits per heavy atom. The molecule has 6 nitrogen and oxygen atoms in total. The van der Waals surface area contributed by atoms with E-state index < -0.39 is 17.8 Å². The number of carbonyl (C=O) groups is 3. The zero-order valence-corrected chi connectivity index (χ0v) is 21.2. The first-order valence-corrected chi connectivity index (χ1v) is 13.0. The van der Waals surface area contributed by atoms with E-state index in [2.05, 4.69) is 24.3 Å². The Morgan fingerprint density at radius 1 is 0.667 bits per heavy atom. The van der Waals surface area contributed by atoms with Crippen LogP contribution in [0.3, 0.4) is 0 Å². The average Bonchev–Trinajstić information content (AvgIpc) is 3.24. The van der Waals surface area contributed by atoms with Crippen LogP contribution in [-0.2, 0) is 20.8 Å². The van der Waals surface area contributed by atoms with Crippen LogP contribution in [0, 0.1) is 11.8 Å². The van der Waals surface area contributed by atoms with Gasteiger partial charge >= 0.3 is 5.97 Å². The first-order chi connectivity index (χ1) is 19.0. The predicted molar refractivity (Wildman–Crippen MR) is 145 cm³/mol. The Labute approximate surface area is 225 Å². The highest BCUT2D eigenvalue weighted by Gasteiger charge is 2.61. The molecule has 2 unspecified atom stereocenters. The lowest BCUT2D eigenvalue weighted by atomic mass is 9.55. The van der Waals surface area contributed by atoms with Gasteiger partial charge in [-0.1, -0.05) is 60.7 Å². The molecule has 2 amide bonds. The van der Waals surface area contributed by atoms with Crippen molar-refractivity contribution in [2.24, 2.45) is 11.8 Å². The van der Waals surface area contributed by atoms with Crippen LogP contribution in [-0.4, -0.2) is 24.9 Å². The molecule has 39 heavy (non-hydrogen) atoms. The summed E-state index contributed by atoms with van der Waals surface area (Å²) in [6.45, 7) is 0. The van der Waals surface area contributed by atoms with Crippen molar-refractivity contribution in [1.29, 1.82) is 0 Å². The molecule has 0 spiro atoms. The molecule has 2 atom stereocenters. The van der Waals surface area contributed by atoms with Crippen molar-refractivity contribution in [3.8, 4) is 11.5 Å². The molecule has 1 heterocycles. The van der Waals surface area contributed by atoms with Crippen molar-refractivity contribution in [3.05, 3.63) is 125 Å². The molecule has 0 aromatic heterocycles. The predicted octanol–water partition coefficient (Wildman–Crippen LogP) is 5.24. The third-order valence-corrected chi connectivity index (χ3v) is 8.28. The second-order valence-corrected chi connectivity index (χ2v) is 10.3. The second kappa shape index (κ2) is 8.95. The Hall–Kier alpha value is -4.71. The van der Waals surface area contributed by atoms with Gasteiger partial charge < -0.3 is 9.47 Å². The van der Waals surface area contributed by atoms with E-state index in [0.29, 0.717) is 17.2 Å². The Morgan fingerprint density at radius 2 is 1.13 bits per heavy atom. The Bertz CT molecular complexity index is 1510. The van der Waals surface area contributed by atoms with Gasteiger partial charge in [0.25, 0.3) is 0 Å². The number of methoxy groups -OCH3 is 1. The van der Waals surface area contributed by atoms with E-state index in [1.807, 2.05) is 36.4 Å². The average molecular weight is 516 g/mol. The number of rotatable bonds is 5. The number of anilines is 1. The fourth-order valence-corrected chi connectivity index (χ4v) is 6.67. The molecular formula is C33H25NO5. The lowest BCUT2D eigenvalue weighted by molar-refractivity contribution is -0.133. The lowest BCUT2D eigenvalue weighted by Crippen LogP contribution is -2.41. The Balaban J connectivity index is 1.14. The van der Waals surface area contributed by atoms with Gasteiger partial charge in [0.05, 0.1) is 31.1 Å². The van der Waals surface area contributed by atoms with Crippen molar-refractivity contribution in [1.82, 2.24) is 0 Å². The topological polar surface area (TPSA) is 72.9 Å². The molecule has 8 rings (SSSR count). The molecule has 1 aliphatic heterocycles. The minimum atomic E-state index is -0.436. The highest BCUT2D eigenvalue weighted by Crippen LogP contribution is 2.61. The summed E-state index contributed by atoms with van der Waals surface area (Å²) in [6.07, 6.45) is 0.113. The maximum Gasteiger partial charge on any atom is 0.315 e. The van der Waals surface area contributed by atoms with Crippen LogP contribution in [0.15, 0.2) is 97.1 Å². The van der Waals surface area contributed by atoms with Gasteiger partial charge in [0.1, 0.15) is 11.5 Å². The van der Waals surface area contributed by atoms with E-state index >= 15 is 0 Å². The molecule has 1 saturated heterocycles. The molecule has 0 radical (unpaired) electrons. The third kappa shape index (κ3) is 3.59. The number of amides is 2. The fourth-order valence-electron chi connectivity index (χ4n) is 6.67. The molecule has 1 fully saturated rings. The number of esters is 1. The monoisotopic (exact) mass is 515 g/mol. The SMILES string of the molecule is COc1ccc(CC(=O)Oc2ccc(N3C(=O)C4C5c6ccccc6C(c6ccccc65)C4C3=O)cc2)cc1. The van der Waals surface area contributed by atoms with Gasteiger partial charge in [0.15, 0.2) is 0 Å². The number of carbonyl (C=O) groups excluding carboxylic acids is 3. The lowest BCUT2D eigenvalue weighted by Gasteiger charge is -2.45. The first kappa shape index (κ1) is 23.4. The van der Waals surface area contributed by atoms with Gasteiger partial charge in [-0.25, -0.2) is 4.90 Å². The van der Waals surface area contributed by atoms with Crippen LogP contribution in [0.2, 0.25) is 0 Å². The minimum Gasteiger partial charge on any atom is -0.497 e. The highest BCUT2D eigenvalue weighted by molar-refractivity contribution is 6.23. The largest absolute Gasteiger partial charge is 0.497 e. The Kier molecular flexibility index (Phi) is 5.37. The van der Waals surface area contributed by atoms with E-state index in [9.17, 15) is 14.4 Å². The summed E-state index contributed by atoms with van der Waals surface area (Å²) in [6, 6.07) is 30.2. The summed E-state index contributed by atoms with van der Waals surface area (Å²) in [7, 11) is 1.59. The van der Waals surface area contributed by atoms with Crippen molar-refractivity contribution in [2.75, 3.05) is 12.0 Å². The first-order valence-electron chi connectivity index (χ1n) is 13.0. The minimum absolute atomic E-state index is 0.113. The molecule has 4 aliphatic rings. The molecule has 6 heteroatoms. The quantitative estimate of drug-likeness (QED) is 0.207. The molecule has 192 valence electrons. The zero-order valence-electron chi connectivity index (χ0n) is 21.2. The number of ether oxygens (including phenoxy) is 2. The van der Waals surface area contributed by atoms with Gasteiger partial charge in [0, 0.05) is 11.8 Å². The van der Waals surface area contributed by atoms with E-state index in [1.54, 1.807) is 43.5 Å². The van der Waals surface area contributed by atoms with E-state index in [-0.39, 0.29) is 30.1 Å². The summed E-state index contributed by atoms with van der Waals surface area (Å²) < 4.78 is 10.7. The van der Waals surface area contributed by atoms with Gasteiger partial charge in [0.2, 0.25) is 11.8 Å². The van der Waals surface area contributed by atoms with Crippen LogP contribution in [0.25, 0.3) is 0 Å². The third-order valence-electron chi connectivity index (χ3n) is 8.28. The summed E-state index contributed by atoms with van der Waals surface area (Å²) in [5, 5.41) is 0. The summed E-state index contributed by atoms with van der Waals surface area (Å²) in [5.41, 5.74) is 5.87. The second-order valence-electron chi connectivity index (χ2n) is 10.3. The fraction of sp³-hybridized carbons (Fsp3) is 0.182. The van der Waals surface area contributed by atoms with Crippen molar-refractivity contribution >= 4 is 23.5 Å². The number of benzene rings is 4. The number of imide groups is 1. The standard InChI is InChI=1S/C33H25NO5/c1-38-21-14-10-19(11-15-21)18-27(35)39-22-16-12-20(13-17-22)34-32(36)30-28-23-6-2-3-7-24(23)29(31(30)33(34)37)26-9-5-4-8-25(26)28/h2-17,28-31H,18H2,1H3. The van der Waals surface area contributed by atoms with Crippen LogP contribution >= 0.6 is 0 Å². The zero-order chi connectivity index (χ0) is 26.7. The maximum absolute atomic E-state index is 13.9. The van der Waals surface area contributed by atoms with Gasteiger partial charge in [-0.05, 0) is 64.2 Å². The normalized spacial score (nSPS) is 22.2. The van der Waals surface area contributed by atoms with Crippen LogP contribution in [0.1, 0.15) is 39.7 Å². The molecule has 2 bridgehead atoms. The molecule has 0 saturated carbocycles. The molecular weight excluding hydrogens is 490 g/mol. The summed E-state index contributed by atoms with van der Waals surface area (Å²) in [4.78, 5) is 41.6. The molecule has 4 aromatic rings. The van der Waals surface area contributed by atoms with Crippen LogP contribution in [0.4, 0.5) is 5.69 Å². The molecule has 4 aromatic carbocycles. The van der Waals surface area contributed by atoms with Crippen LogP contribution < -0.4 is 14.4 Å². The number of hydrogen-bond donors (Lipinski definition) is 0. The van der Waals surface area contributed by atoms with E-state index in [4.69, 9.17) is 9.47 Å². The highest BCUT2D eigenvalue weighted by atomic mass is 16.5. The molecule has 3 aliphatic carbocycles. The van der Waals surface area contributed by atoms with Gasteiger partial charge in [-0.2, -0.15) is 0 Å². The van der Waals surface area contributed by atoms with Crippen LogP contribution in [0.5, 0.6) is 11.5 Å². The summed E-state index contributed by atoms with van der Waals surface area (Å²) in [5.74, 6) is -0.841. The van der Waals surface area contributed by atoms with Gasteiger partial charge in [-0.3, -0.25) is 14.4 Å². The van der Waals surface area contributed by atoms with Crippen molar-refractivity contribution in [2.45, 2.75) is 18.3 Å². The van der Waals surface area contributed by atoms with E-state index in [1.165, 1.54) is 4.90 Å². The summed E-state index contributed by atoms with van der Waals surface area (Å²) >= 11 is 0. The maximum atomic E-state index is 13.9. The van der Waals surface area contributed by atoms with E-state index in [0.717, 1.165) is 27.8 Å². The number of hydrogen-bond acceptors (Lipinski definition) is 5. The molecule has 0 N–H and O–H groups in total. The van der Waals surface area contributed by atoms with Crippen molar-refractivity contribution in [3.63, 3.8) is 0 Å². The van der Waals surface area contributed by atoms with Crippen molar-refractivity contribution < 1.29 is 23.9 Å². The van der Waals surface area contributed by atoms with Gasteiger partial charge in [-0.15, -0.1) is 0 Å². The smallest absolute Gasteiger partial charge is 0.315 e.